The van der Waals surface area contributed by atoms with Crippen LogP contribution in [0.2, 0.25) is 0 Å². The van der Waals surface area contributed by atoms with Crippen molar-refractivity contribution in [3.8, 4) is 0 Å². The van der Waals surface area contributed by atoms with Gasteiger partial charge in [-0.2, -0.15) is 0 Å². The number of benzene rings is 1. The van der Waals surface area contributed by atoms with E-state index >= 15 is 0 Å². The summed E-state index contributed by atoms with van der Waals surface area (Å²) in [6, 6.07) is 9.75. The molecule has 0 bridgehead atoms. The topological polar surface area (TPSA) is 81.7 Å². The van der Waals surface area contributed by atoms with Crippen LogP contribution in [0.4, 0.5) is 0 Å². The molecule has 2 rings (SSSR count). The van der Waals surface area contributed by atoms with Crippen LogP contribution in [0, 0.1) is 0 Å². The van der Waals surface area contributed by atoms with Gasteiger partial charge in [0.15, 0.2) is 0 Å². The molecule has 1 saturated heterocycles. The maximum Gasteiger partial charge on any atom is 0.262 e. The van der Waals surface area contributed by atoms with E-state index in [4.69, 9.17) is 9.47 Å². The molecule has 7 heteroatoms. The minimum absolute atomic E-state index is 0.0667. The summed E-state index contributed by atoms with van der Waals surface area (Å²) < 4.78 is 36.0. The standard InChI is InChI=1S/C15H21NO5S/c1-2-20-8-9-22(18,19)16-15(17)14-10-13(11-21-14)12-6-4-3-5-7-12/h3-7,13-14H,2,8-11H2,1H3,(H,16,17). The minimum atomic E-state index is -3.68. The molecular weight excluding hydrogens is 306 g/mol. The molecule has 6 nitrogen and oxygen atoms in total. The average molecular weight is 327 g/mol. The van der Waals surface area contributed by atoms with Crippen LogP contribution in [0.3, 0.4) is 0 Å². The van der Waals surface area contributed by atoms with Crippen LogP contribution in [-0.2, 0) is 24.3 Å². The predicted octanol–water partition coefficient (Wildman–Crippen LogP) is 1.04. The number of nitrogens with one attached hydrogen (secondary N) is 1. The summed E-state index contributed by atoms with van der Waals surface area (Å²) >= 11 is 0. The van der Waals surface area contributed by atoms with Crippen LogP contribution in [0.5, 0.6) is 0 Å². The van der Waals surface area contributed by atoms with Gasteiger partial charge in [0.1, 0.15) is 6.10 Å². The van der Waals surface area contributed by atoms with Crippen LogP contribution in [0.25, 0.3) is 0 Å². The van der Waals surface area contributed by atoms with Gasteiger partial charge in [0, 0.05) is 12.5 Å². The molecule has 0 spiro atoms. The van der Waals surface area contributed by atoms with Crippen molar-refractivity contribution in [1.82, 2.24) is 4.72 Å². The molecule has 1 fully saturated rings. The lowest BCUT2D eigenvalue weighted by Crippen LogP contribution is -2.40. The quantitative estimate of drug-likeness (QED) is 0.757. The van der Waals surface area contributed by atoms with E-state index in [0.717, 1.165) is 5.56 Å². The van der Waals surface area contributed by atoms with Crippen LogP contribution in [-0.4, -0.2) is 46.0 Å². The van der Waals surface area contributed by atoms with Gasteiger partial charge in [-0.05, 0) is 18.9 Å². The van der Waals surface area contributed by atoms with Gasteiger partial charge < -0.3 is 9.47 Å². The van der Waals surface area contributed by atoms with Gasteiger partial charge in [-0.3, -0.25) is 9.52 Å². The van der Waals surface area contributed by atoms with E-state index in [1.165, 1.54) is 0 Å². The largest absolute Gasteiger partial charge is 0.381 e. The van der Waals surface area contributed by atoms with Gasteiger partial charge >= 0.3 is 0 Å². The fourth-order valence-electron chi connectivity index (χ4n) is 2.35. The van der Waals surface area contributed by atoms with Crippen molar-refractivity contribution in [2.75, 3.05) is 25.6 Å². The molecule has 2 atom stereocenters. The lowest BCUT2D eigenvalue weighted by molar-refractivity contribution is -0.128. The summed E-state index contributed by atoms with van der Waals surface area (Å²) in [5.41, 5.74) is 1.09. The molecule has 122 valence electrons. The number of sulfonamides is 1. The Balaban J connectivity index is 1.87. The van der Waals surface area contributed by atoms with Gasteiger partial charge in [-0.1, -0.05) is 30.3 Å². The molecule has 1 aromatic carbocycles. The van der Waals surface area contributed by atoms with Gasteiger partial charge in [0.2, 0.25) is 10.0 Å². The second-order valence-electron chi connectivity index (χ2n) is 5.15. The van der Waals surface area contributed by atoms with E-state index in [-0.39, 0.29) is 18.3 Å². The van der Waals surface area contributed by atoms with Crippen LogP contribution >= 0.6 is 0 Å². The van der Waals surface area contributed by atoms with E-state index in [1.54, 1.807) is 6.92 Å². The fourth-order valence-corrected chi connectivity index (χ4v) is 3.23. The summed E-state index contributed by atoms with van der Waals surface area (Å²) in [6.07, 6.45) is -0.247. The Kier molecular flexibility index (Phi) is 5.93. The van der Waals surface area contributed by atoms with E-state index in [9.17, 15) is 13.2 Å². The van der Waals surface area contributed by atoms with Gasteiger partial charge in [-0.15, -0.1) is 0 Å². The first kappa shape index (κ1) is 16.9. The number of rotatable bonds is 7. The molecule has 1 N–H and O–H groups in total. The van der Waals surface area contributed by atoms with Crippen molar-refractivity contribution in [2.45, 2.75) is 25.4 Å². The first-order chi connectivity index (χ1) is 10.5. The van der Waals surface area contributed by atoms with E-state index in [0.29, 0.717) is 19.6 Å². The van der Waals surface area contributed by atoms with Crippen molar-refractivity contribution in [2.24, 2.45) is 0 Å². The van der Waals surface area contributed by atoms with Gasteiger partial charge in [0.25, 0.3) is 5.91 Å². The summed E-state index contributed by atoms with van der Waals surface area (Å²) in [4.78, 5) is 12.0. The average Bonchev–Trinajstić information content (AvgIpc) is 2.98. The Labute approximate surface area is 130 Å². The highest BCUT2D eigenvalue weighted by Crippen LogP contribution is 2.29. The lowest BCUT2D eigenvalue weighted by Gasteiger charge is -2.11. The third kappa shape index (κ3) is 4.79. The van der Waals surface area contributed by atoms with Gasteiger partial charge in [0.05, 0.1) is 19.0 Å². The van der Waals surface area contributed by atoms with Crippen LogP contribution in [0.1, 0.15) is 24.8 Å². The monoisotopic (exact) mass is 327 g/mol. The normalized spacial score (nSPS) is 21.7. The van der Waals surface area contributed by atoms with Gasteiger partial charge in [-0.25, -0.2) is 8.42 Å². The maximum absolute atomic E-state index is 12.0. The molecule has 1 amide bonds. The zero-order valence-electron chi connectivity index (χ0n) is 12.5. The van der Waals surface area contributed by atoms with Crippen molar-refractivity contribution >= 4 is 15.9 Å². The Hall–Kier alpha value is -1.44. The molecule has 0 radical (unpaired) electrons. The van der Waals surface area contributed by atoms with Crippen molar-refractivity contribution in [3.05, 3.63) is 35.9 Å². The molecule has 0 aliphatic carbocycles. The Morgan fingerprint density at radius 1 is 1.36 bits per heavy atom. The third-order valence-electron chi connectivity index (χ3n) is 3.52. The molecule has 0 aromatic heterocycles. The number of hydrogen-bond donors (Lipinski definition) is 1. The highest BCUT2D eigenvalue weighted by Gasteiger charge is 2.33. The smallest absolute Gasteiger partial charge is 0.262 e. The fraction of sp³-hybridized carbons (Fsp3) is 0.533. The third-order valence-corrected chi connectivity index (χ3v) is 4.73. The maximum atomic E-state index is 12.0. The highest BCUT2D eigenvalue weighted by atomic mass is 32.2. The summed E-state index contributed by atoms with van der Waals surface area (Å²) in [5, 5.41) is 0. The molecule has 1 heterocycles. The zero-order chi connectivity index (χ0) is 16.0. The molecule has 1 aliphatic rings. The molecule has 2 unspecified atom stereocenters. The lowest BCUT2D eigenvalue weighted by atomic mass is 9.96. The number of hydrogen-bond acceptors (Lipinski definition) is 5. The zero-order valence-corrected chi connectivity index (χ0v) is 13.3. The first-order valence-corrected chi connectivity index (χ1v) is 8.95. The number of ether oxygens (including phenoxy) is 2. The van der Waals surface area contributed by atoms with E-state index in [1.807, 2.05) is 30.3 Å². The number of carbonyl (C=O) groups excluding carboxylic acids is 1. The summed E-state index contributed by atoms with van der Waals surface area (Å²) in [7, 11) is -3.68. The second kappa shape index (κ2) is 7.71. The number of carbonyl (C=O) groups is 1. The second-order valence-corrected chi connectivity index (χ2v) is 6.99. The number of amides is 1. The molecule has 22 heavy (non-hydrogen) atoms. The molecular formula is C15H21NO5S. The predicted molar refractivity (Wildman–Crippen MR) is 82.0 cm³/mol. The van der Waals surface area contributed by atoms with E-state index in [2.05, 4.69) is 4.72 Å². The Bertz CT molecular complexity index is 587. The summed E-state index contributed by atoms with van der Waals surface area (Å²) in [6.45, 7) is 2.70. The Morgan fingerprint density at radius 3 is 2.77 bits per heavy atom. The Morgan fingerprint density at radius 2 is 2.09 bits per heavy atom. The van der Waals surface area contributed by atoms with E-state index < -0.39 is 22.0 Å². The SMILES string of the molecule is CCOCCS(=O)(=O)NC(=O)C1CC(c2ccccc2)CO1. The van der Waals surface area contributed by atoms with Crippen molar-refractivity contribution in [3.63, 3.8) is 0 Å². The molecule has 1 aromatic rings. The van der Waals surface area contributed by atoms with Crippen molar-refractivity contribution < 1.29 is 22.7 Å². The summed E-state index contributed by atoms with van der Waals surface area (Å²) in [5.74, 6) is -0.723. The first-order valence-electron chi connectivity index (χ1n) is 7.30. The highest BCUT2D eigenvalue weighted by molar-refractivity contribution is 7.90. The molecule has 1 aliphatic heterocycles. The van der Waals surface area contributed by atoms with Crippen LogP contribution < -0.4 is 4.72 Å². The minimum Gasteiger partial charge on any atom is -0.381 e. The van der Waals surface area contributed by atoms with Crippen molar-refractivity contribution in [1.29, 1.82) is 0 Å². The molecule has 0 saturated carbocycles. The van der Waals surface area contributed by atoms with Crippen LogP contribution in [0.15, 0.2) is 30.3 Å².